The molecule has 0 heterocycles. The zero-order valence-corrected chi connectivity index (χ0v) is 21.4. The van der Waals surface area contributed by atoms with Gasteiger partial charge in [-0.25, -0.2) is 4.79 Å². The predicted octanol–water partition coefficient (Wildman–Crippen LogP) is 3.16. The molecule has 0 atom stereocenters. The van der Waals surface area contributed by atoms with Crippen molar-refractivity contribution in [2.24, 2.45) is 0 Å². The number of benzene rings is 4. The van der Waals surface area contributed by atoms with E-state index in [1.165, 1.54) is 15.9 Å². The third-order valence-electron chi connectivity index (χ3n) is 5.32. The number of carbonyl (C=O) groups excluding carboxylic acids is 1. The van der Waals surface area contributed by atoms with Crippen LogP contribution in [0.15, 0.2) is 127 Å². The highest BCUT2D eigenvalue weighted by Gasteiger charge is 2.45. The highest BCUT2D eigenvalue weighted by Crippen LogP contribution is 2.58. The van der Waals surface area contributed by atoms with E-state index in [9.17, 15) is 4.79 Å². The molecular weight excluding hydrogens is 507 g/mol. The Morgan fingerprint density at radius 1 is 0.676 bits per heavy atom. The molecule has 0 amide bonds. The quantitative estimate of drug-likeness (QED) is 0.208. The highest BCUT2D eigenvalue weighted by atomic mass is 79.9. The first-order chi connectivity index (χ1) is 16.2. The SMILES string of the molecule is CCOC(=O)OC(=C[P+](c1ccccc1)(c1ccccc1)c1ccccc1)c1ccccc1.[Br-]. The fourth-order valence-electron chi connectivity index (χ4n) is 3.84. The molecule has 3 nitrogen and oxygen atoms in total. The van der Waals surface area contributed by atoms with Gasteiger partial charge >= 0.3 is 6.16 Å². The molecule has 0 fully saturated rings. The van der Waals surface area contributed by atoms with E-state index in [-0.39, 0.29) is 23.6 Å². The van der Waals surface area contributed by atoms with Crippen LogP contribution in [0, 0.1) is 0 Å². The number of hydrogen-bond acceptors (Lipinski definition) is 3. The van der Waals surface area contributed by atoms with Gasteiger partial charge in [0.2, 0.25) is 0 Å². The Labute approximate surface area is 212 Å². The van der Waals surface area contributed by atoms with E-state index in [2.05, 4.69) is 78.6 Å². The molecule has 34 heavy (non-hydrogen) atoms. The van der Waals surface area contributed by atoms with Crippen LogP contribution in [-0.2, 0) is 9.47 Å². The van der Waals surface area contributed by atoms with E-state index >= 15 is 0 Å². The molecule has 5 heteroatoms. The topological polar surface area (TPSA) is 35.5 Å². The molecule has 0 saturated carbocycles. The molecule has 0 bridgehead atoms. The van der Waals surface area contributed by atoms with Gasteiger partial charge in [-0.05, 0) is 43.3 Å². The summed E-state index contributed by atoms with van der Waals surface area (Å²) in [4.78, 5) is 12.4. The fraction of sp³-hybridized carbons (Fsp3) is 0.0690. The molecule has 0 unspecified atom stereocenters. The molecule has 0 aliphatic carbocycles. The molecule has 0 aromatic heterocycles. The van der Waals surface area contributed by atoms with Gasteiger partial charge in [-0.2, -0.15) is 0 Å². The number of ether oxygens (including phenoxy) is 2. The van der Waals surface area contributed by atoms with Gasteiger partial charge in [0.25, 0.3) is 0 Å². The van der Waals surface area contributed by atoms with Crippen molar-refractivity contribution in [3.05, 3.63) is 133 Å². The first-order valence-corrected chi connectivity index (χ1v) is 12.8. The summed E-state index contributed by atoms with van der Waals surface area (Å²) in [6, 6.07) is 41.0. The normalized spacial score (nSPS) is 11.3. The molecule has 0 aliphatic rings. The maximum Gasteiger partial charge on any atom is 0.513 e. The minimum absolute atomic E-state index is 0. The largest absolute Gasteiger partial charge is 1.00 e. The molecule has 0 radical (unpaired) electrons. The Balaban J connectivity index is 0.00000324. The van der Waals surface area contributed by atoms with Crippen molar-refractivity contribution in [3.8, 4) is 0 Å². The van der Waals surface area contributed by atoms with Gasteiger partial charge in [0.05, 0.1) is 6.61 Å². The van der Waals surface area contributed by atoms with Crippen molar-refractivity contribution in [2.75, 3.05) is 6.61 Å². The second-order valence-electron chi connectivity index (χ2n) is 7.37. The number of hydrogen-bond donors (Lipinski definition) is 0. The molecule has 0 aliphatic heterocycles. The Hall–Kier alpha value is -3.20. The molecule has 0 saturated heterocycles. The summed E-state index contributed by atoms with van der Waals surface area (Å²) in [7, 11) is -2.34. The minimum Gasteiger partial charge on any atom is -1.00 e. The van der Waals surface area contributed by atoms with E-state index in [4.69, 9.17) is 9.47 Å². The van der Waals surface area contributed by atoms with E-state index in [1.807, 2.05) is 48.5 Å². The smallest absolute Gasteiger partial charge is 0.513 e. The zero-order valence-electron chi connectivity index (χ0n) is 18.9. The van der Waals surface area contributed by atoms with Gasteiger partial charge in [-0.1, -0.05) is 84.9 Å². The number of rotatable bonds is 7. The van der Waals surface area contributed by atoms with Crippen LogP contribution < -0.4 is 32.9 Å². The van der Waals surface area contributed by atoms with E-state index in [0.717, 1.165) is 5.56 Å². The van der Waals surface area contributed by atoms with Crippen LogP contribution in [-0.4, -0.2) is 12.8 Å². The lowest BCUT2D eigenvalue weighted by molar-refractivity contribution is -0.0000184. The summed E-state index contributed by atoms with van der Waals surface area (Å²) in [6.07, 6.45) is -0.708. The lowest BCUT2D eigenvalue weighted by Gasteiger charge is -2.25. The van der Waals surface area contributed by atoms with Crippen LogP contribution in [0.1, 0.15) is 12.5 Å². The van der Waals surface area contributed by atoms with E-state index < -0.39 is 13.4 Å². The summed E-state index contributed by atoms with van der Waals surface area (Å²) in [5.41, 5.74) is 0.817. The number of carbonyl (C=O) groups is 1. The Morgan fingerprint density at radius 2 is 1.06 bits per heavy atom. The van der Waals surface area contributed by atoms with Crippen molar-refractivity contribution in [2.45, 2.75) is 6.92 Å². The lowest BCUT2D eigenvalue weighted by Crippen LogP contribution is -3.00. The summed E-state index contributed by atoms with van der Waals surface area (Å²) in [6.45, 7) is 2.01. The first kappa shape index (κ1) is 25.4. The van der Waals surface area contributed by atoms with Crippen molar-refractivity contribution in [3.63, 3.8) is 0 Å². The summed E-state index contributed by atoms with van der Waals surface area (Å²) >= 11 is 0. The van der Waals surface area contributed by atoms with Crippen LogP contribution in [0.5, 0.6) is 0 Å². The second kappa shape index (κ2) is 12.3. The maximum atomic E-state index is 12.4. The lowest BCUT2D eigenvalue weighted by atomic mass is 10.2. The molecule has 4 aromatic carbocycles. The second-order valence-corrected chi connectivity index (χ2v) is 10.6. The average molecular weight is 533 g/mol. The van der Waals surface area contributed by atoms with Crippen molar-refractivity contribution in [1.82, 2.24) is 0 Å². The van der Waals surface area contributed by atoms with Crippen LogP contribution in [0.25, 0.3) is 5.76 Å². The fourth-order valence-corrected chi connectivity index (χ4v) is 7.66. The van der Waals surface area contributed by atoms with Gasteiger partial charge in [0, 0.05) is 5.56 Å². The van der Waals surface area contributed by atoms with Crippen molar-refractivity contribution >= 4 is 35.1 Å². The number of halogens is 1. The third kappa shape index (κ3) is 5.64. The van der Waals surface area contributed by atoms with Crippen LogP contribution in [0.2, 0.25) is 0 Å². The average Bonchev–Trinajstić information content (AvgIpc) is 2.89. The molecule has 172 valence electrons. The van der Waals surface area contributed by atoms with Crippen molar-refractivity contribution < 1.29 is 31.2 Å². The summed E-state index contributed by atoms with van der Waals surface area (Å²) in [5, 5.41) is 3.51. The van der Waals surface area contributed by atoms with E-state index in [1.54, 1.807) is 6.92 Å². The van der Waals surface area contributed by atoms with Gasteiger partial charge in [-0.3, -0.25) is 0 Å². The standard InChI is InChI=1S/C29H26O3P.BrH/c1-2-31-29(30)32-28(24-15-7-3-8-16-24)23-33(25-17-9-4-10-18-25,26-19-11-5-12-20-26)27-21-13-6-14-22-27;/h3-23H,2H2,1H3;1H/q+1;/p-1. The molecule has 4 rings (SSSR count). The summed E-state index contributed by atoms with van der Waals surface area (Å²) < 4.78 is 11.0. The molecule has 0 spiro atoms. The third-order valence-corrected chi connectivity index (χ3v) is 9.27. The van der Waals surface area contributed by atoms with Crippen LogP contribution in [0.3, 0.4) is 0 Å². The van der Waals surface area contributed by atoms with E-state index in [0.29, 0.717) is 5.76 Å². The van der Waals surface area contributed by atoms with Gasteiger partial charge in [-0.15, -0.1) is 0 Å². The van der Waals surface area contributed by atoms with Crippen LogP contribution >= 0.6 is 7.26 Å². The Morgan fingerprint density at radius 3 is 1.44 bits per heavy atom. The van der Waals surface area contributed by atoms with Crippen LogP contribution in [0.4, 0.5) is 4.79 Å². The Kier molecular flexibility index (Phi) is 9.21. The van der Waals surface area contributed by atoms with Gasteiger partial charge in [0.15, 0.2) is 5.76 Å². The summed E-state index contributed by atoms with van der Waals surface area (Å²) in [5.74, 6) is 2.62. The predicted molar refractivity (Wildman–Crippen MR) is 138 cm³/mol. The molecule has 0 N–H and O–H groups in total. The van der Waals surface area contributed by atoms with Gasteiger partial charge < -0.3 is 26.5 Å². The monoisotopic (exact) mass is 532 g/mol. The molecular formula is C29H26BrO3P. The van der Waals surface area contributed by atoms with Gasteiger partial charge in [0.1, 0.15) is 29.0 Å². The molecule has 4 aromatic rings. The minimum atomic E-state index is -2.34. The zero-order chi connectivity index (χ0) is 22.9. The maximum absolute atomic E-state index is 12.4. The Bertz CT molecular complexity index is 1100. The highest BCUT2D eigenvalue weighted by molar-refractivity contribution is 7.98. The van der Waals surface area contributed by atoms with Crippen molar-refractivity contribution in [1.29, 1.82) is 0 Å². The first-order valence-electron chi connectivity index (χ1n) is 10.9.